The third-order valence-electron chi connectivity index (χ3n) is 9.78. The average molecular weight is 844 g/mol. The summed E-state index contributed by atoms with van der Waals surface area (Å²) in [6.07, 6.45) is 4.64. The Morgan fingerprint density at radius 3 is 1.18 bits per heavy atom. The van der Waals surface area contributed by atoms with Gasteiger partial charge < -0.3 is 0 Å². The molecule has 6 aromatic rings. The Hall–Kier alpha value is -2.81. The predicted octanol–water partition coefficient (Wildman–Crippen LogP) is 14.7. The van der Waals surface area contributed by atoms with Crippen molar-refractivity contribution in [2.75, 3.05) is 0 Å². The van der Waals surface area contributed by atoms with Crippen LogP contribution < -0.4 is 0 Å². The van der Waals surface area contributed by atoms with E-state index in [1.165, 1.54) is 78.9 Å². The summed E-state index contributed by atoms with van der Waals surface area (Å²) in [6.45, 7) is 22.6. The van der Waals surface area contributed by atoms with E-state index in [1.807, 2.05) is 0 Å². The molecule has 2 radical (unpaired) electrons. The summed E-state index contributed by atoms with van der Waals surface area (Å²) in [6, 6.07) is 40.8. The van der Waals surface area contributed by atoms with Gasteiger partial charge in [0.15, 0.2) is 0 Å². The summed E-state index contributed by atoms with van der Waals surface area (Å²) in [4.78, 5) is 0. The molecule has 2 heteroatoms. The maximum absolute atomic E-state index is 2.41. The largest absolute Gasteiger partial charge is 0.164 e. The van der Waals surface area contributed by atoms with Crippen molar-refractivity contribution in [1.82, 2.24) is 0 Å². The first kappa shape index (κ1) is 41.6. The minimum absolute atomic E-state index is 0. The summed E-state index contributed by atoms with van der Waals surface area (Å²) in [7, 11) is 1.08. The Morgan fingerprint density at radius 2 is 0.840 bits per heavy atom. The molecule has 262 valence electrons. The van der Waals surface area contributed by atoms with Crippen LogP contribution >= 0.6 is 0 Å². The molecule has 0 aromatic heterocycles. The van der Waals surface area contributed by atoms with Gasteiger partial charge in [-0.2, -0.15) is 12.1 Å². The molecule has 0 aliphatic rings. The monoisotopic (exact) mass is 844 g/mol. The second-order valence-corrected chi connectivity index (χ2v) is 15.8. The van der Waals surface area contributed by atoms with Gasteiger partial charge in [0.05, 0.1) is 0 Å². The maximum atomic E-state index is 2.41. The number of benzene rings is 4. The van der Waals surface area contributed by atoms with Crippen LogP contribution in [0, 0.1) is 11.8 Å². The van der Waals surface area contributed by atoms with E-state index < -0.39 is 0 Å². The predicted molar refractivity (Wildman–Crippen MR) is 222 cm³/mol. The molecule has 2 atom stereocenters. The quantitative estimate of drug-likeness (QED) is 0.0952. The van der Waals surface area contributed by atoms with Crippen LogP contribution in [0.3, 0.4) is 0 Å². The van der Waals surface area contributed by atoms with E-state index in [4.69, 9.17) is 0 Å². The van der Waals surface area contributed by atoms with Gasteiger partial charge in [0.25, 0.3) is 0 Å². The molecule has 0 aliphatic carbocycles. The molecule has 2 unspecified atom stereocenters. The van der Waals surface area contributed by atoms with Gasteiger partial charge in [0, 0.05) is 35.4 Å². The molecule has 50 heavy (non-hydrogen) atoms. The van der Waals surface area contributed by atoms with Crippen molar-refractivity contribution in [3.63, 3.8) is 0 Å². The van der Waals surface area contributed by atoms with E-state index >= 15 is 0 Å². The Labute approximate surface area is 326 Å². The van der Waals surface area contributed by atoms with Crippen molar-refractivity contribution in [3.05, 3.63) is 131 Å². The van der Waals surface area contributed by atoms with Crippen molar-refractivity contribution < 1.29 is 25.8 Å². The molecule has 0 spiro atoms. The molecule has 0 saturated heterocycles. The van der Waals surface area contributed by atoms with Crippen molar-refractivity contribution in [1.29, 1.82) is 0 Å². The van der Waals surface area contributed by atoms with Gasteiger partial charge in [-0.25, -0.2) is 0 Å². The number of rotatable bonds is 10. The first-order valence-electron chi connectivity index (χ1n) is 18.7. The van der Waals surface area contributed by atoms with Gasteiger partial charge >= 0.3 is 0 Å². The van der Waals surface area contributed by atoms with Gasteiger partial charge in [-0.1, -0.05) is 153 Å². The first-order valence-corrected chi connectivity index (χ1v) is 20.7. The molecule has 0 aliphatic heterocycles. The SMILES string of the molecule is CCC(C)c1cc2c(-c3ccccc3CC(C)C)cccc2[cH-]1.CCC(C)c1cc2c(-c3ccccc3CC(C)C)cccc2[cH-]1.C[Si]C.[Hf]. The molecule has 6 rings (SSSR count). The standard InChI is InChI=1S/2C23H27.C2H6Si.Hf/c2*1-5-17(4)20-14-19-10-8-12-22(23(19)15-20)21-11-7-6-9-18(21)13-16(2)3;1-3-2;/h2*6-12,14-17H,5,13H2,1-4H3;1-2H3;/q2*-1;;. The van der Waals surface area contributed by atoms with Crippen molar-refractivity contribution >= 4 is 31.1 Å². The summed E-state index contributed by atoms with van der Waals surface area (Å²) >= 11 is 0. The van der Waals surface area contributed by atoms with E-state index in [2.05, 4.69) is 178 Å². The van der Waals surface area contributed by atoms with E-state index in [1.54, 1.807) is 0 Å². The van der Waals surface area contributed by atoms with Crippen molar-refractivity contribution in [2.24, 2.45) is 11.8 Å². The van der Waals surface area contributed by atoms with E-state index in [0.717, 1.165) is 22.4 Å². The molecule has 0 nitrogen and oxygen atoms in total. The van der Waals surface area contributed by atoms with Crippen LogP contribution in [0.5, 0.6) is 0 Å². The molecular weight excluding hydrogens is 783 g/mol. The topological polar surface area (TPSA) is 0 Å². The third-order valence-corrected chi connectivity index (χ3v) is 9.78. The summed E-state index contributed by atoms with van der Waals surface area (Å²) in [5.74, 6) is 2.60. The minimum Gasteiger partial charge on any atom is -0.164 e. The number of hydrogen-bond donors (Lipinski definition) is 0. The molecule has 6 aromatic carbocycles. The molecule has 0 bridgehead atoms. The van der Waals surface area contributed by atoms with Crippen LogP contribution in [-0.2, 0) is 38.7 Å². The van der Waals surface area contributed by atoms with Crippen LogP contribution in [0.15, 0.2) is 109 Å². The second-order valence-electron chi connectivity index (χ2n) is 14.8. The van der Waals surface area contributed by atoms with E-state index in [-0.39, 0.29) is 25.8 Å². The first-order chi connectivity index (χ1) is 23.6. The van der Waals surface area contributed by atoms with Crippen LogP contribution in [-0.4, -0.2) is 9.52 Å². The van der Waals surface area contributed by atoms with Gasteiger partial charge in [-0.3, -0.25) is 0 Å². The molecule has 0 amide bonds. The average Bonchev–Trinajstić information content (AvgIpc) is 3.74. The van der Waals surface area contributed by atoms with Gasteiger partial charge in [-0.05, 0) is 58.8 Å². The van der Waals surface area contributed by atoms with Crippen molar-refractivity contribution in [3.8, 4) is 22.3 Å². The molecule has 0 fully saturated rings. The summed E-state index contributed by atoms with van der Waals surface area (Å²) in [5, 5.41) is 5.55. The van der Waals surface area contributed by atoms with Crippen molar-refractivity contribution in [2.45, 2.75) is 106 Å². The van der Waals surface area contributed by atoms with Gasteiger partial charge in [0.1, 0.15) is 0 Å². The van der Waals surface area contributed by atoms with E-state index in [0.29, 0.717) is 23.7 Å². The Bertz CT molecular complexity index is 1750. The Morgan fingerprint density at radius 1 is 0.500 bits per heavy atom. The van der Waals surface area contributed by atoms with Crippen LogP contribution in [0.25, 0.3) is 43.8 Å². The maximum Gasteiger partial charge on any atom is 0.0307 e. The molecule has 0 heterocycles. The fourth-order valence-electron chi connectivity index (χ4n) is 6.83. The minimum atomic E-state index is 0. The van der Waals surface area contributed by atoms with Crippen LogP contribution in [0.1, 0.15) is 102 Å². The second kappa shape index (κ2) is 20.3. The summed E-state index contributed by atoms with van der Waals surface area (Å²) in [5.41, 5.74) is 11.4. The Kier molecular flexibility index (Phi) is 16.9. The zero-order valence-corrected chi connectivity index (χ0v) is 37.1. The smallest absolute Gasteiger partial charge is 0.0307 e. The van der Waals surface area contributed by atoms with Crippen LogP contribution in [0.2, 0.25) is 13.1 Å². The van der Waals surface area contributed by atoms with Gasteiger partial charge in [0.2, 0.25) is 0 Å². The zero-order chi connectivity index (χ0) is 35.5. The normalized spacial score (nSPS) is 12.2. The third kappa shape index (κ3) is 10.6. The molecule has 0 saturated carbocycles. The molecule has 0 N–H and O–H groups in total. The number of fused-ring (bicyclic) bond motifs is 2. The molecular formula is C48H60HfSi-2. The fourth-order valence-corrected chi connectivity index (χ4v) is 6.83. The van der Waals surface area contributed by atoms with E-state index in [9.17, 15) is 0 Å². The fraction of sp³-hybridized carbons (Fsp3) is 0.375. The number of hydrogen-bond acceptors (Lipinski definition) is 0. The summed E-state index contributed by atoms with van der Waals surface area (Å²) < 4.78 is 0. The van der Waals surface area contributed by atoms with Gasteiger partial charge in [-0.15, -0.1) is 69.1 Å². The van der Waals surface area contributed by atoms with Crippen LogP contribution in [0.4, 0.5) is 0 Å². The Balaban J connectivity index is 0.000000246. The zero-order valence-electron chi connectivity index (χ0n) is 32.5.